The van der Waals surface area contributed by atoms with Gasteiger partial charge in [0.2, 0.25) is 0 Å². The Morgan fingerprint density at radius 3 is 1.93 bits per heavy atom. The summed E-state index contributed by atoms with van der Waals surface area (Å²) in [6.07, 6.45) is 1.84. The van der Waals surface area contributed by atoms with E-state index in [4.69, 9.17) is 14.9 Å². The fourth-order valence-corrected chi connectivity index (χ4v) is 0.523. The average Bonchev–Trinajstić information content (AvgIpc) is 2.04. The van der Waals surface area contributed by atoms with Crippen LogP contribution in [0.25, 0.3) is 0 Å². The number of hydrogen-bond donors (Lipinski definition) is 2. The van der Waals surface area contributed by atoms with Crippen molar-refractivity contribution < 1.29 is 14.9 Å². The Balaban J connectivity index is 0. The van der Waals surface area contributed by atoms with Crippen LogP contribution in [0.1, 0.15) is 47.5 Å². The molecular formula is C11H26O3. The molecule has 0 aliphatic rings. The van der Waals surface area contributed by atoms with E-state index in [0.717, 1.165) is 6.61 Å². The van der Waals surface area contributed by atoms with Crippen LogP contribution < -0.4 is 0 Å². The third kappa shape index (κ3) is 22.6. The van der Waals surface area contributed by atoms with Crippen molar-refractivity contribution >= 4 is 0 Å². The van der Waals surface area contributed by atoms with Crippen LogP contribution >= 0.6 is 0 Å². The molecular weight excluding hydrogens is 180 g/mol. The molecule has 1 unspecified atom stereocenters. The van der Waals surface area contributed by atoms with Gasteiger partial charge in [-0.25, -0.2) is 0 Å². The molecule has 1 atom stereocenters. The third-order valence-electron chi connectivity index (χ3n) is 1.30. The topological polar surface area (TPSA) is 49.7 Å². The molecule has 0 rings (SSSR count). The number of hydrogen-bond acceptors (Lipinski definition) is 3. The van der Waals surface area contributed by atoms with Gasteiger partial charge in [-0.3, -0.25) is 0 Å². The van der Waals surface area contributed by atoms with E-state index in [0.29, 0.717) is 0 Å². The van der Waals surface area contributed by atoms with Crippen molar-refractivity contribution in [3.63, 3.8) is 0 Å². The van der Waals surface area contributed by atoms with Gasteiger partial charge in [0.05, 0.1) is 18.3 Å². The first kappa shape index (κ1) is 16.3. The SMILES string of the molecule is CC(O)CO.CCCCOC(C)(C)C. The van der Waals surface area contributed by atoms with Gasteiger partial charge in [-0.2, -0.15) is 0 Å². The molecule has 88 valence electrons. The second-order valence-corrected chi connectivity index (χ2v) is 4.35. The molecule has 0 aromatic heterocycles. The van der Waals surface area contributed by atoms with E-state index in [2.05, 4.69) is 27.7 Å². The Hall–Kier alpha value is -0.120. The van der Waals surface area contributed by atoms with Crippen LogP contribution in [0.4, 0.5) is 0 Å². The van der Waals surface area contributed by atoms with Crippen molar-refractivity contribution in [1.82, 2.24) is 0 Å². The maximum Gasteiger partial charge on any atom is 0.0742 e. The van der Waals surface area contributed by atoms with Crippen molar-refractivity contribution in [2.24, 2.45) is 0 Å². The van der Waals surface area contributed by atoms with E-state index >= 15 is 0 Å². The van der Waals surface area contributed by atoms with Gasteiger partial charge >= 0.3 is 0 Å². The predicted octanol–water partition coefficient (Wildman–Crippen LogP) is 1.96. The number of unbranched alkanes of at least 4 members (excludes halogenated alkanes) is 1. The van der Waals surface area contributed by atoms with Gasteiger partial charge in [-0.1, -0.05) is 13.3 Å². The van der Waals surface area contributed by atoms with Crippen LogP contribution in [0.2, 0.25) is 0 Å². The van der Waals surface area contributed by atoms with Gasteiger partial charge in [-0.05, 0) is 34.1 Å². The first-order chi connectivity index (χ1) is 6.33. The van der Waals surface area contributed by atoms with Crippen molar-refractivity contribution in [1.29, 1.82) is 0 Å². The highest BCUT2D eigenvalue weighted by molar-refractivity contribution is 4.57. The van der Waals surface area contributed by atoms with Crippen molar-refractivity contribution in [3.05, 3.63) is 0 Å². The van der Waals surface area contributed by atoms with E-state index < -0.39 is 6.10 Å². The molecule has 0 spiro atoms. The normalized spacial score (nSPS) is 13.1. The first-order valence-corrected chi connectivity index (χ1v) is 5.26. The lowest BCUT2D eigenvalue weighted by Crippen LogP contribution is -2.19. The smallest absolute Gasteiger partial charge is 0.0742 e. The number of aliphatic hydroxyl groups is 2. The number of aliphatic hydroxyl groups excluding tert-OH is 2. The number of rotatable bonds is 4. The second-order valence-electron chi connectivity index (χ2n) is 4.35. The van der Waals surface area contributed by atoms with Gasteiger partial charge in [-0.15, -0.1) is 0 Å². The summed E-state index contributed by atoms with van der Waals surface area (Å²) in [6.45, 7) is 10.7. The highest BCUT2D eigenvalue weighted by atomic mass is 16.5. The highest BCUT2D eigenvalue weighted by Gasteiger charge is 2.07. The van der Waals surface area contributed by atoms with Gasteiger partial charge in [0.15, 0.2) is 0 Å². The minimum Gasteiger partial charge on any atom is -0.394 e. The Morgan fingerprint density at radius 2 is 1.71 bits per heavy atom. The Labute approximate surface area is 88.1 Å². The van der Waals surface area contributed by atoms with Crippen LogP contribution in [-0.4, -0.2) is 35.1 Å². The van der Waals surface area contributed by atoms with E-state index in [9.17, 15) is 0 Å². The Bertz CT molecular complexity index is 106. The highest BCUT2D eigenvalue weighted by Crippen LogP contribution is 2.06. The summed E-state index contributed by atoms with van der Waals surface area (Å²) in [7, 11) is 0. The van der Waals surface area contributed by atoms with Gasteiger partial charge in [0, 0.05) is 6.61 Å². The molecule has 0 heterocycles. The number of ether oxygens (including phenoxy) is 1. The molecule has 0 radical (unpaired) electrons. The molecule has 2 N–H and O–H groups in total. The summed E-state index contributed by atoms with van der Waals surface area (Å²) in [5.41, 5.74) is 0.0508. The fraction of sp³-hybridized carbons (Fsp3) is 1.00. The molecule has 0 saturated heterocycles. The zero-order chi connectivity index (χ0) is 11.6. The summed E-state index contributed by atoms with van der Waals surface area (Å²) in [4.78, 5) is 0. The van der Waals surface area contributed by atoms with Crippen LogP contribution in [0.5, 0.6) is 0 Å². The second kappa shape index (κ2) is 9.44. The van der Waals surface area contributed by atoms with Crippen LogP contribution in [0.3, 0.4) is 0 Å². The minimum atomic E-state index is -0.560. The molecule has 0 aromatic carbocycles. The van der Waals surface area contributed by atoms with Crippen molar-refractivity contribution in [2.45, 2.75) is 59.2 Å². The van der Waals surface area contributed by atoms with E-state index in [1.807, 2.05) is 0 Å². The molecule has 0 aliphatic heterocycles. The molecule has 0 amide bonds. The van der Waals surface area contributed by atoms with Crippen LogP contribution in [-0.2, 0) is 4.74 Å². The molecule has 0 bridgehead atoms. The third-order valence-corrected chi connectivity index (χ3v) is 1.30. The molecule has 0 aromatic rings. The molecule has 0 saturated carbocycles. The minimum absolute atomic E-state index is 0.0508. The first-order valence-electron chi connectivity index (χ1n) is 5.26. The summed E-state index contributed by atoms with van der Waals surface area (Å²) >= 11 is 0. The summed E-state index contributed by atoms with van der Waals surface area (Å²) in [5.74, 6) is 0. The zero-order valence-corrected chi connectivity index (χ0v) is 10.2. The summed E-state index contributed by atoms with van der Waals surface area (Å²) in [6, 6.07) is 0. The molecule has 3 nitrogen and oxygen atoms in total. The lowest BCUT2D eigenvalue weighted by molar-refractivity contribution is -0.00415. The zero-order valence-electron chi connectivity index (χ0n) is 10.2. The van der Waals surface area contributed by atoms with Crippen molar-refractivity contribution in [2.75, 3.05) is 13.2 Å². The van der Waals surface area contributed by atoms with Gasteiger partial charge in [0.25, 0.3) is 0 Å². The van der Waals surface area contributed by atoms with Gasteiger partial charge in [0.1, 0.15) is 0 Å². The molecule has 3 heteroatoms. The van der Waals surface area contributed by atoms with Crippen molar-refractivity contribution in [3.8, 4) is 0 Å². The maximum atomic E-state index is 8.11. The lowest BCUT2D eigenvalue weighted by atomic mass is 10.2. The summed E-state index contributed by atoms with van der Waals surface area (Å²) in [5, 5.41) is 16.0. The standard InChI is InChI=1S/C8H18O.C3H8O2/c1-5-6-7-9-8(2,3)4;1-3(5)2-4/h5-7H2,1-4H3;3-5H,2H2,1H3. The predicted molar refractivity (Wildman–Crippen MR) is 59.4 cm³/mol. The molecule has 0 fully saturated rings. The van der Waals surface area contributed by atoms with Crippen LogP contribution in [0, 0.1) is 0 Å². The largest absolute Gasteiger partial charge is 0.394 e. The van der Waals surface area contributed by atoms with E-state index in [1.165, 1.54) is 19.8 Å². The summed E-state index contributed by atoms with van der Waals surface area (Å²) < 4.78 is 5.47. The monoisotopic (exact) mass is 206 g/mol. The molecule has 14 heavy (non-hydrogen) atoms. The Morgan fingerprint density at radius 1 is 1.29 bits per heavy atom. The average molecular weight is 206 g/mol. The van der Waals surface area contributed by atoms with E-state index in [-0.39, 0.29) is 12.2 Å². The maximum absolute atomic E-state index is 8.11. The Kier molecular flexibility index (Phi) is 11.0. The van der Waals surface area contributed by atoms with Gasteiger partial charge < -0.3 is 14.9 Å². The quantitative estimate of drug-likeness (QED) is 0.691. The van der Waals surface area contributed by atoms with Crippen LogP contribution in [0.15, 0.2) is 0 Å². The molecule has 0 aliphatic carbocycles. The lowest BCUT2D eigenvalue weighted by Gasteiger charge is -2.18. The van der Waals surface area contributed by atoms with E-state index in [1.54, 1.807) is 0 Å². The fourth-order valence-electron chi connectivity index (χ4n) is 0.523.